The van der Waals surface area contributed by atoms with Gasteiger partial charge < -0.3 is 10.5 Å². The number of carbonyl (C=O) groups is 1. The molecule has 0 fully saturated rings. The predicted molar refractivity (Wildman–Crippen MR) is 125 cm³/mol. The average Bonchev–Trinajstić information content (AvgIpc) is 2.73. The van der Waals surface area contributed by atoms with Crippen LogP contribution in [0.1, 0.15) is 126 Å². The summed E-state index contributed by atoms with van der Waals surface area (Å²) >= 11 is 0. The van der Waals surface area contributed by atoms with Crippen molar-refractivity contribution in [1.82, 2.24) is 0 Å². The van der Waals surface area contributed by atoms with Gasteiger partial charge in [-0.3, -0.25) is 0 Å². The third-order valence-corrected chi connectivity index (χ3v) is 5.66. The Morgan fingerprint density at radius 1 is 0.690 bits per heavy atom. The second-order valence-electron chi connectivity index (χ2n) is 8.38. The van der Waals surface area contributed by atoms with Crippen molar-refractivity contribution in [2.75, 3.05) is 12.3 Å². The third kappa shape index (κ3) is 14.2. The summed E-state index contributed by atoms with van der Waals surface area (Å²) in [5, 5.41) is 0. The number of carbonyl (C=O) groups excluding carboxylic acids is 1. The van der Waals surface area contributed by atoms with Crippen LogP contribution in [0.15, 0.2) is 24.3 Å². The summed E-state index contributed by atoms with van der Waals surface area (Å²) in [6.07, 6.45) is 23.0. The summed E-state index contributed by atoms with van der Waals surface area (Å²) in [5.41, 5.74) is 6.75. The van der Waals surface area contributed by atoms with Crippen LogP contribution >= 0.6 is 0 Å². The smallest absolute Gasteiger partial charge is 0.340 e. The molecule has 0 unspecified atom stereocenters. The number of unbranched alkanes of at least 4 members (excludes halogenated alkanes) is 16. The molecule has 0 radical (unpaired) electrons. The number of hydrogen-bond acceptors (Lipinski definition) is 3. The summed E-state index contributed by atoms with van der Waals surface area (Å²) < 4.78 is 5.31. The van der Waals surface area contributed by atoms with Crippen LogP contribution in [-0.4, -0.2) is 12.6 Å². The summed E-state index contributed by atoms with van der Waals surface area (Å²) in [4.78, 5) is 11.9. The molecule has 0 heterocycles. The van der Waals surface area contributed by atoms with Gasteiger partial charge in [0.2, 0.25) is 0 Å². The lowest BCUT2D eigenvalue weighted by molar-refractivity contribution is 0.0499. The van der Waals surface area contributed by atoms with Gasteiger partial charge >= 0.3 is 5.97 Å². The highest BCUT2D eigenvalue weighted by molar-refractivity contribution is 5.94. The minimum Gasteiger partial charge on any atom is -0.462 e. The largest absolute Gasteiger partial charge is 0.462 e. The lowest BCUT2D eigenvalue weighted by Crippen LogP contribution is -2.09. The van der Waals surface area contributed by atoms with Crippen LogP contribution < -0.4 is 5.73 Å². The summed E-state index contributed by atoms with van der Waals surface area (Å²) in [6.45, 7) is 2.77. The Morgan fingerprint density at radius 2 is 1.10 bits per heavy atom. The summed E-state index contributed by atoms with van der Waals surface area (Å²) in [7, 11) is 0. The van der Waals surface area contributed by atoms with Gasteiger partial charge in [0, 0.05) is 5.69 Å². The molecule has 0 spiro atoms. The molecule has 0 bridgehead atoms. The molecule has 1 aromatic rings. The zero-order chi connectivity index (χ0) is 21.0. The monoisotopic (exact) mass is 403 g/mol. The fourth-order valence-corrected chi connectivity index (χ4v) is 3.75. The van der Waals surface area contributed by atoms with Crippen LogP contribution in [0, 0.1) is 0 Å². The van der Waals surface area contributed by atoms with Gasteiger partial charge in [0.25, 0.3) is 0 Å². The molecule has 29 heavy (non-hydrogen) atoms. The van der Waals surface area contributed by atoms with Crippen LogP contribution in [0.4, 0.5) is 5.69 Å². The van der Waals surface area contributed by atoms with E-state index in [2.05, 4.69) is 6.92 Å². The van der Waals surface area contributed by atoms with Crippen LogP contribution in [0.2, 0.25) is 0 Å². The van der Waals surface area contributed by atoms with Crippen LogP contribution in [0.25, 0.3) is 0 Å². The first-order chi connectivity index (χ1) is 14.3. The Balaban J connectivity index is 1.78. The zero-order valence-corrected chi connectivity index (χ0v) is 18.9. The molecule has 0 aliphatic rings. The SMILES string of the molecule is CCCCCCCCCCCCCCCCCCCOC(=O)c1ccccc1N. The molecule has 1 rings (SSSR count). The molecule has 0 aromatic heterocycles. The fraction of sp³-hybridized carbons (Fsp3) is 0.731. The summed E-state index contributed by atoms with van der Waals surface area (Å²) in [6, 6.07) is 7.07. The molecule has 0 saturated carbocycles. The number of nitrogens with two attached hydrogens (primary N) is 1. The van der Waals surface area contributed by atoms with Gasteiger partial charge in [0.1, 0.15) is 0 Å². The average molecular weight is 404 g/mol. The van der Waals surface area contributed by atoms with Crippen molar-refractivity contribution in [1.29, 1.82) is 0 Å². The van der Waals surface area contributed by atoms with E-state index in [1.54, 1.807) is 12.1 Å². The maximum Gasteiger partial charge on any atom is 0.340 e. The highest BCUT2D eigenvalue weighted by Crippen LogP contribution is 2.15. The Labute approximate surface area is 179 Å². The van der Waals surface area contributed by atoms with Gasteiger partial charge in [-0.2, -0.15) is 0 Å². The second kappa shape index (κ2) is 18.5. The first kappa shape index (κ1) is 25.5. The first-order valence-corrected chi connectivity index (χ1v) is 12.3. The minimum atomic E-state index is -0.306. The highest BCUT2D eigenvalue weighted by atomic mass is 16.5. The van der Waals surface area contributed by atoms with Crippen molar-refractivity contribution in [2.24, 2.45) is 0 Å². The first-order valence-electron chi connectivity index (χ1n) is 12.3. The maximum absolute atomic E-state index is 11.9. The Bertz CT molecular complexity index is 515. The fourth-order valence-electron chi connectivity index (χ4n) is 3.75. The maximum atomic E-state index is 11.9. The van der Waals surface area contributed by atoms with E-state index in [9.17, 15) is 4.79 Å². The van der Waals surface area contributed by atoms with Crippen molar-refractivity contribution < 1.29 is 9.53 Å². The normalized spacial score (nSPS) is 10.9. The number of nitrogen functional groups attached to an aromatic ring is 1. The van der Waals surface area contributed by atoms with Crippen molar-refractivity contribution in [3.63, 3.8) is 0 Å². The number of para-hydroxylation sites is 1. The molecule has 0 atom stereocenters. The van der Waals surface area contributed by atoms with E-state index in [4.69, 9.17) is 10.5 Å². The Morgan fingerprint density at radius 3 is 1.55 bits per heavy atom. The molecule has 0 saturated heterocycles. The molecule has 2 N–H and O–H groups in total. The van der Waals surface area contributed by atoms with E-state index in [-0.39, 0.29) is 5.97 Å². The predicted octanol–water partition coefficient (Wildman–Crippen LogP) is 8.08. The van der Waals surface area contributed by atoms with Crippen molar-refractivity contribution in [3.8, 4) is 0 Å². The molecule has 0 aliphatic carbocycles. The standard InChI is InChI=1S/C26H45NO2/c1-2-3-4-5-6-7-8-9-10-11-12-13-14-15-16-17-20-23-29-26(28)24-21-18-19-22-25(24)27/h18-19,21-22H,2-17,20,23,27H2,1H3. The molecular formula is C26H45NO2. The number of esters is 1. The van der Waals surface area contributed by atoms with Gasteiger partial charge in [-0.05, 0) is 18.6 Å². The number of benzene rings is 1. The molecule has 3 heteroatoms. The van der Waals surface area contributed by atoms with Gasteiger partial charge in [-0.1, -0.05) is 122 Å². The number of ether oxygens (including phenoxy) is 1. The third-order valence-electron chi connectivity index (χ3n) is 5.66. The van der Waals surface area contributed by atoms with Crippen molar-refractivity contribution in [3.05, 3.63) is 29.8 Å². The van der Waals surface area contributed by atoms with E-state index < -0.39 is 0 Å². The van der Waals surface area contributed by atoms with Crippen LogP contribution in [-0.2, 0) is 4.74 Å². The summed E-state index contributed by atoms with van der Waals surface area (Å²) in [5.74, 6) is -0.306. The molecule has 1 aromatic carbocycles. The second-order valence-corrected chi connectivity index (χ2v) is 8.38. The molecule has 0 amide bonds. The zero-order valence-electron chi connectivity index (χ0n) is 18.9. The molecule has 0 aliphatic heterocycles. The van der Waals surface area contributed by atoms with Gasteiger partial charge in [0.05, 0.1) is 12.2 Å². The van der Waals surface area contributed by atoms with Crippen molar-refractivity contribution >= 4 is 11.7 Å². The van der Waals surface area contributed by atoms with E-state index in [1.165, 1.54) is 96.3 Å². The van der Waals surface area contributed by atoms with E-state index in [0.717, 1.165) is 12.8 Å². The van der Waals surface area contributed by atoms with E-state index >= 15 is 0 Å². The van der Waals surface area contributed by atoms with Crippen LogP contribution in [0.3, 0.4) is 0 Å². The van der Waals surface area contributed by atoms with E-state index in [0.29, 0.717) is 17.9 Å². The number of anilines is 1. The molecular weight excluding hydrogens is 358 g/mol. The van der Waals surface area contributed by atoms with Crippen LogP contribution in [0.5, 0.6) is 0 Å². The Hall–Kier alpha value is -1.51. The topological polar surface area (TPSA) is 52.3 Å². The van der Waals surface area contributed by atoms with Gasteiger partial charge in [0.15, 0.2) is 0 Å². The number of rotatable bonds is 19. The quantitative estimate of drug-likeness (QED) is 0.144. The van der Waals surface area contributed by atoms with E-state index in [1.807, 2.05) is 12.1 Å². The molecule has 3 nitrogen and oxygen atoms in total. The highest BCUT2D eigenvalue weighted by Gasteiger charge is 2.09. The van der Waals surface area contributed by atoms with Gasteiger partial charge in [-0.15, -0.1) is 0 Å². The molecule has 166 valence electrons. The van der Waals surface area contributed by atoms with Gasteiger partial charge in [-0.25, -0.2) is 4.79 Å². The lowest BCUT2D eigenvalue weighted by atomic mass is 10.0. The van der Waals surface area contributed by atoms with Crippen molar-refractivity contribution in [2.45, 2.75) is 116 Å². The lowest BCUT2D eigenvalue weighted by Gasteiger charge is -2.07. The number of hydrogen-bond donors (Lipinski definition) is 1. The Kier molecular flexibility index (Phi) is 16.3. The minimum absolute atomic E-state index is 0.306.